The lowest BCUT2D eigenvalue weighted by atomic mass is 10.0. The highest BCUT2D eigenvalue weighted by atomic mass is 15.1. The molecule has 2 aromatic carbocycles. The van der Waals surface area contributed by atoms with Gasteiger partial charge in [0.25, 0.3) is 0 Å². The molecule has 2 heteroatoms. The van der Waals surface area contributed by atoms with Gasteiger partial charge in [0, 0.05) is 19.6 Å². The molecule has 0 aromatic heterocycles. The highest BCUT2D eigenvalue weighted by molar-refractivity contribution is 5.85. The van der Waals surface area contributed by atoms with Gasteiger partial charge in [0.1, 0.15) is 0 Å². The van der Waals surface area contributed by atoms with Gasteiger partial charge in [-0.05, 0) is 36.3 Å². The van der Waals surface area contributed by atoms with Crippen LogP contribution < -0.4 is 5.32 Å². The van der Waals surface area contributed by atoms with E-state index < -0.39 is 0 Å². The van der Waals surface area contributed by atoms with E-state index in [-0.39, 0.29) is 0 Å². The number of hydrogen-bond acceptors (Lipinski definition) is 2. The van der Waals surface area contributed by atoms with Crippen LogP contribution in [0.2, 0.25) is 0 Å². The Morgan fingerprint density at radius 3 is 2.58 bits per heavy atom. The normalized spacial score (nSPS) is 11.3. The third kappa shape index (κ3) is 3.79. The largest absolute Gasteiger partial charge is 0.318 e. The van der Waals surface area contributed by atoms with Crippen LogP contribution in [0.4, 0.5) is 0 Å². The molecule has 2 nitrogen and oxygen atoms in total. The predicted molar refractivity (Wildman–Crippen MR) is 83.4 cm³/mol. The van der Waals surface area contributed by atoms with Crippen molar-refractivity contribution < 1.29 is 0 Å². The topological polar surface area (TPSA) is 15.3 Å². The SMILES string of the molecule is CCCN(CCNC)Cc1cccc2ccccc12. The van der Waals surface area contributed by atoms with Crippen LogP contribution in [-0.4, -0.2) is 31.6 Å². The average Bonchev–Trinajstić information content (AvgIpc) is 2.45. The second kappa shape index (κ2) is 7.27. The molecule has 0 saturated carbocycles. The molecule has 0 unspecified atom stereocenters. The second-order valence-electron chi connectivity index (χ2n) is 5.02. The van der Waals surface area contributed by atoms with Gasteiger partial charge in [-0.25, -0.2) is 0 Å². The monoisotopic (exact) mass is 256 g/mol. The van der Waals surface area contributed by atoms with Gasteiger partial charge in [-0.15, -0.1) is 0 Å². The molecule has 0 atom stereocenters. The van der Waals surface area contributed by atoms with E-state index in [0.29, 0.717) is 0 Å². The molecule has 0 aliphatic carbocycles. The van der Waals surface area contributed by atoms with E-state index in [1.165, 1.54) is 22.8 Å². The highest BCUT2D eigenvalue weighted by Crippen LogP contribution is 2.19. The molecule has 19 heavy (non-hydrogen) atoms. The molecule has 0 radical (unpaired) electrons. The van der Waals surface area contributed by atoms with Gasteiger partial charge >= 0.3 is 0 Å². The van der Waals surface area contributed by atoms with Crippen LogP contribution in [-0.2, 0) is 6.54 Å². The van der Waals surface area contributed by atoms with E-state index in [1.807, 2.05) is 7.05 Å². The molecule has 0 saturated heterocycles. The van der Waals surface area contributed by atoms with Gasteiger partial charge in [-0.1, -0.05) is 49.4 Å². The van der Waals surface area contributed by atoms with Gasteiger partial charge in [0.05, 0.1) is 0 Å². The van der Waals surface area contributed by atoms with Crippen LogP contribution in [0.1, 0.15) is 18.9 Å². The summed E-state index contributed by atoms with van der Waals surface area (Å²) in [4.78, 5) is 2.53. The lowest BCUT2D eigenvalue weighted by Gasteiger charge is -2.22. The van der Waals surface area contributed by atoms with E-state index in [9.17, 15) is 0 Å². The van der Waals surface area contributed by atoms with Crippen LogP contribution in [0.3, 0.4) is 0 Å². The summed E-state index contributed by atoms with van der Waals surface area (Å²) in [5.41, 5.74) is 1.43. The van der Waals surface area contributed by atoms with E-state index >= 15 is 0 Å². The lowest BCUT2D eigenvalue weighted by molar-refractivity contribution is 0.269. The Bertz CT molecular complexity index is 502. The van der Waals surface area contributed by atoms with Gasteiger partial charge in [-0.2, -0.15) is 0 Å². The maximum Gasteiger partial charge on any atom is 0.0240 e. The molecule has 0 amide bonds. The summed E-state index contributed by atoms with van der Waals surface area (Å²) in [6.07, 6.45) is 1.20. The maximum absolute atomic E-state index is 3.24. The van der Waals surface area contributed by atoms with Crippen molar-refractivity contribution in [3.05, 3.63) is 48.0 Å². The highest BCUT2D eigenvalue weighted by Gasteiger charge is 2.07. The summed E-state index contributed by atoms with van der Waals surface area (Å²) in [6, 6.07) is 15.3. The third-order valence-electron chi connectivity index (χ3n) is 3.49. The van der Waals surface area contributed by atoms with Crippen LogP contribution in [0.5, 0.6) is 0 Å². The van der Waals surface area contributed by atoms with Gasteiger partial charge in [0.2, 0.25) is 0 Å². The maximum atomic E-state index is 3.24. The number of likely N-dealkylation sites (N-methyl/N-ethyl adjacent to an activating group) is 1. The zero-order chi connectivity index (χ0) is 13.5. The van der Waals surface area contributed by atoms with Crippen LogP contribution in [0.15, 0.2) is 42.5 Å². The Hall–Kier alpha value is -1.38. The van der Waals surface area contributed by atoms with Crippen LogP contribution in [0, 0.1) is 0 Å². The number of fused-ring (bicyclic) bond motifs is 1. The Labute approximate surface area is 116 Å². The summed E-state index contributed by atoms with van der Waals surface area (Å²) in [5.74, 6) is 0. The molecule has 0 bridgehead atoms. The smallest absolute Gasteiger partial charge is 0.0240 e. The molecule has 2 aromatic rings. The van der Waals surface area contributed by atoms with Crippen molar-refractivity contribution >= 4 is 10.8 Å². The number of rotatable bonds is 7. The van der Waals surface area contributed by atoms with E-state index in [1.54, 1.807) is 0 Å². The van der Waals surface area contributed by atoms with E-state index in [2.05, 4.69) is 59.6 Å². The first-order valence-corrected chi connectivity index (χ1v) is 7.18. The molecule has 0 heterocycles. The van der Waals surface area contributed by atoms with Gasteiger partial charge < -0.3 is 5.32 Å². The van der Waals surface area contributed by atoms with E-state index in [0.717, 1.165) is 26.2 Å². The quantitative estimate of drug-likeness (QED) is 0.818. The molecular weight excluding hydrogens is 232 g/mol. The lowest BCUT2D eigenvalue weighted by Crippen LogP contribution is -2.31. The average molecular weight is 256 g/mol. The van der Waals surface area contributed by atoms with Gasteiger partial charge in [-0.3, -0.25) is 4.90 Å². The van der Waals surface area contributed by atoms with Crippen molar-refractivity contribution in [2.75, 3.05) is 26.7 Å². The Morgan fingerprint density at radius 1 is 1.00 bits per heavy atom. The Kier molecular flexibility index (Phi) is 5.37. The van der Waals surface area contributed by atoms with E-state index in [4.69, 9.17) is 0 Å². The fourth-order valence-electron chi connectivity index (χ4n) is 2.53. The summed E-state index contributed by atoms with van der Waals surface area (Å²) in [7, 11) is 2.02. The summed E-state index contributed by atoms with van der Waals surface area (Å²) in [5, 5.41) is 5.96. The number of nitrogens with one attached hydrogen (secondary N) is 1. The minimum absolute atomic E-state index is 1.04. The van der Waals surface area contributed by atoms with Crippen molar-refractivity contribution in [1.82, 2.24) is 10.2 Å². The minimum Gasteiger partial charge on any atom is -0.318 e. The molecule has 0 aliphatic rings. The van der Waals surface area contributed by atoms with Crippen molar-refractivity contribution in [2.24, 2.45) is 0 Å². The standard InChI is InChI=1S/C17H24N2/c1-3-12-19(13-11-18-2)14-16-9-6-8-15-7-4-5-10-17(15)16/h4-10,18H,3,11-14H2,1-2H3. The zero-order valence-corrected chi connectivity index (χ0v) is 12.0. The second-order valence-corrected chi connectivity index (χ2v) is 5.02. The molecule has 0 aliphatic heterocycles. The predicted octanol–water partition coefficient (Wildman–Crippen LogP) is 3.27. The first-order chi connectivity index (χ1) is 9.35. The number of hydrogen-bond donors (Lipinski definition) is 1. The molecular formula is C17H24N2. The van der Waals surface area contributed by atoms with Gasteiger partial charge in [0.15, 0.2) is 0 Å². The zero-order valence-electron chi connectivity index (χ0n) is 12.0. The van der Waals surface area contributed by atoms with Crippen molar-refractivity contribution in [3.8, 4) is 0 Å². The first-order valence-electron chi connectivity index (χ1n) is 7.18. The molecule has 2 rings (SSSR count). The minimum atomic E-state index is 1.04. The fraction of sp³-hybridized carbons (Fsp3) is 0.412. The van der Waals surface area contributed by atoms with Crippen molar-refractivity contribution in [1.29, 1.82) is 0 Å². The fourth-order valence-corrected chi connectivity index (χ4v) is 2.53. The number of nitrogens with zero attached hydrogens (tertiary/aromatic N) is 1. The van der Waals surface area contributed by atoms with Crippen LogP contribution in [0.25, 0.3) is 10.8 Å². The third-order valence-corrected chi connectivity index (χ3v) is 3.49. The summed E-state index contributed by atoms with van der Waals surface area (Å²) < 4.78 is 0. The number of benzene rings is 2. The Balaban J connectivity index is 2.18. The summed E-state index contributed by atoms with van der Waals surface area (Å²) >= 11 is 0. The molecule has 102 valence electrons. The van der Waals surface area contributed by atoms with Crippen molar-refractivity contribution in [3.63, 3.8) is 0 Å². The van der Waals surface area contributed by atoms with Crippen LogP contribution >= 0.6 is 0 Å². The summed E-state index contributed by atoms with van der Waals surface area (Å²) in [6.45, 7) is 6.59. The first kappa shape index (κ1) is 14.0. The molecule has 1 N–H and O–H groups in total. The Morgan fingerprint density at radius 2 is 1.79 bits per heavy atom. The molecule has 0 spiro atoms. The van der Waals surface area contributed by atoms with Crippen molar-refractivity contribution in [2.45, 2.75) is 19.9 Å². The molecule has 0 fully saturated rings.